The molecule has 132 valence electrons. The second kappa shape index (κ2) is 7.46. The van der Waals surface area contributed by atoms with Crippen molar-refractivity contribution in [2.75, 3.05) is 0 Å². The van der Waals surface area contributed by atoms with E-state index in [-0.39, 0.29) is 5.56 Å². The maximum absolute atomic E-state index is 13.6. The highest BCUT2D eigenvalue weighted by atomic mass is 16.1. The summed E-state index contributed by atoms with van der Waals surface area (Å²) >= 11 is 0. The summed E-state index contributed by atoms with van der Waals surface area (Å²) in [6.45, 7) is 2.64. The van der Waals surface area contributed by atoms with E-state index >= 15 is 0 Å². The van der Waals surface area contributed by atoms with Crippen molar-refractivity contribution in [1.29, 1.82) is 0 Å². The average Bonchev–Trinajstić information content (AvgIpc) is 2.75. The van der Waals surface area contributed by atoms with E-state index in [4.69, 9.17) is 0 Å². The zero-order chi connectivity index (χ0) is 18.6. The molecule has 0 N–H and O–H groups in total. The number of benzene rings is 3. The second-order valence-electron chi connectivity index (χ2n) is 6.47. The number of aromatic nitrogens is 1. The SMILES string of the molecule is CCn1c(-c2ccccc2)cc(-c2ccccc2)c(-c2ccccc2)c1=O. The Morgan fingerprint density at radius 3 is 1.67 bits per heavy atom. The fourth-order valence-corrected chi connectivity index (χ4v) is 3.54. The predicted octanol–water partition coefficient (Wildman–Crippen LogP) is 5.87. The minimum Gasteiger partial charge on any atom is -0.308 e. The summed E-state index contributed by atoms with van der Waals surface area (Å²) in [5, 5.41) is 0. The van der Waals surface area contributed by atoms with Crippen LogP contribution in [0.25, 0.3) is 33.5 Å². The highest BCUT2D eigenvalue weighted by Gasteiger charge is 2.17. The van der Waals surface area contributed by atoms with Crippen molar-refractivity contribution in [2.45, 2.75) is 13.5 Å². The first-order valence-electron chi connectivity index (χ1n) is 9.23. The van der Waals surface area contributed by atoms with Gasteiger partial charge in [0.2, 0.25) is 0 Å². The molecule has 0 unspecified atom stereocenters. The van der Waals surface area contributed by atoms with Gasteiger partial charge < -0.3 is 4.57 Å². The Bertz CT molecular complexity index is 1100. The molecule has 1 aromatic heterocycles. The number of hydrogen-bond donors (Lipinski definition) is 0. The maximum atomic E-state index is 13.6. The number of hydrogen-bond acceptors (Lipinski definition) is 1. The smallest absolute Gasteiger partial charge is 0.259 e. The minimum absolute atomic E-state index is 0.0453. The molecule has 0 aliphatic carbocycles. The molecule has 4 rings (SSSR count). The molecular weight excluding hydrogens is 330 g/mol. The molecular formula is C25H21NO. The molecule has 27 heavy (non-hydrogen) atoms. The Hall–Kier alpha value is -3.39. The standard InChI is InChI=1S/C25H21NO/c1-2-26-23(20-14-8-4-9-15-20)18-22(19-12-6-3-7-13-19)24(25(26)27)21-16-10-5-11-17-21/h3-18H,2H2,1H3. The molecule has 3 aromatic carbocycles. The highest BCUT2D eigenvalue weighted by Crippen LogP contribution is 2.33. The van der Waals surface area contributed by atoms with Crippen LogP contribution in [0.1, 0.15) is 6.92 Å². The van der Waals surface area contributed by atoms with Crippen molar-refractivity contribution in [3.63, 3.8) is 0 Å². The van der Waals surface area contributed by atoms with Crippen molar-refractivity contribution in [3.05, 3.63) is 107 Å². The third-order valence-electron chi connectivity index (χ3n) is 4.83. The molecule has 4 aromatic rings. The van der Waals surface area contributed by atoms with E-state index in [0.717, 1.165) is 33.5 Å². The van der Waals surface area contributed by atoms with Gasteiger partial charge in [0.05, 0.1) is 11.3 Å². The second-order valence-corrected chi connectivity index (χ2v) is 6.47. The summed E-state index contributed by atoms with van der Waals surface area (Å²) in [7, 11) is 0. The lowest BCUT2D eigenvalue weighted by Crippen LogP contribution is -2.23. The Morgan fingerprint density at radius 2 is 1.15 bits per heavy atom. The minimum atomic E-state index is 0.0453. The van der Waals surface area contributed by atoms with Gasteiger partial charge in [-0.3, -0.25) is 4.79 Å². The Morgan fingerprint density at radius 1 is 0.667 bits per heavy atom. The van der Waals surface area contributed by atoms with E-state index in [1.807, 2.05) is 78.2 Å². The van der Waals surface area contributed by atoms with Gasteiger partial charge in [0, 0.05) is 6.54 Å². The van der Waals surface area contributed by atoms with Gasteiger partial charge in [0.25, 0.3) is 5.56 Å². The van der Waals surface area contributed by atoms with Crippen LogP contribution in [0.3, 0.4) is 0 Å². The number of pyridine rings is 1. The molecule has 0 saturated carbocycles. The molecule has 0 saturated heterocycles. The topological polar surface area (TPSA) is 22.0 Å². The van der Waals surface area contributed by atoms with E-state index in [1.54, 1.807) is 0 Å². The maximum Gasteiger partial charge on any atom is 0.259 e. The van der Waals surface area contributed by atoms with Gasteiger partial charge in [-0.1, -0.05) is 91.0 Å². The highest BCUT2D eigenvalue weighted by molar-refractivity contribution is 5.85. The summed E-state index contributed by atoms with van der Waals surface area (Å²) in [5.41, 5.74) is 5.76. The predicted molar refractivity (Wildman–Crippen MR) is 113 cm³/mol. The van der Waals surface area contributed by atoms with Crippen molar-refractivity contribution < 1.29 is 0 Å². The lowest BCUT2D eigenvalue weighted by molar-refractivity contribution is 0.738. The molecule has 0 spiro atoms. The summed E-state index contributed by atoms with van der Waals surface area (Å²) in [6.07, 6.45) is 0. The van der Waals surface area contributed by atoms with Crippen LogP contribution in [0.4, 0.5) is 0 Å². The first-order chi connectivity index (χ1) is 13.3. The van der Waals surface area contributed by atoms with Crippen LogP contribution >= 0.6 is 0 Å². The first-order valence-corrected chi connectivity index (χ1v) is 9.23. The van der Waals surface area contributed by atoms with E-state index in [1.165, 1.54) is 0 Å². The van der Waals surface area contributed by atoms with Crippen molar-refractivity contribution in [2.24, 2.45) is 0 Å². The van der Waals surface area contributed by atoms with E-state index < -0.39 is 0 Å². The van der Waals surface area contributed by atoms with Crippen molar-refractivity contribution >= 4 is 0 Å². The van der Waals surface area contributed by atoms with Crippen LogP contribution in [0.5, 0.6) is 0 Å². The molecule has 0 radical (unpaired) electrons. The molecule has 0 aliphatic heterocycles. The molecule has 2 heteroatoms. The third kappa shape index (κ3) is 3.22. The lowest BCUT2D eigenvalue weighted by atomic mass is 9.94. The number of nitrogens with zero attached hydrogens (tertiary/aromatic N) is 1. The average molecular weight is 351 g/mol. The summed E-state index contributed by atoms with van der Waals surface area (Å²) in [4.78, 5) is 13.6. The fraction of sp³-hybridized carbons (Fsp3) is 0.0800. The van der Waals surface area contributed by atoms with Crippen LogP contribution < -0.4 is 5.56 Å². The van der Waals surface area contributed by atoms with Crippen molar-refractivity contribution in [1.82, 2.24) is 4.57 Å². The normalized spacial score (nSPS) is 10.7. The van der Waals surface area contributed by atoms with Gasteiger partial charge in [-0.05, 0) is 35.2 Å². The monoisotopic (exact) mass is 351 g/mol. The van der Waals surface area contributed by atoms with E-state index in [0.29, 0.717) is 6.54 Å². The van der Waals surface area contributed by atoms with Crippen molar-refractivity contribution in [3.8, 4) is 33.5 Å². The van der Waals surface area contributed by atoms with E-state index in [2.05, 4.69) is 30.3 Å². The first kappa shape index (κ1) is 17.0. The summed E-state index contributed by atoms with van der Waals surface area (Å²) in [6, 6.07) is 32.3. The quantitative estimate of drug-likeness (QED) is 0.451. The van der Waals surface area contributed by atoms with Gasteiger partial charge in [0.15, 0.2) is 0 Å². The molecule has 0 bridgehead atoms. The van der Waals surface area contributed by atoms with Gasteiger partial charge in [-0.2, -0.15) is 0 Å². The Labute approximate surface area is 159 Å². The van der Waals surface area contributed by atoms with Crippen LogP contribution in [0, 0.1) is 0 Å². The molecule has 1 heterocycles. The third-order valence-corrected chi connectivity index (χ3v) is 4.83. The van der Waals surface area contributed by atoms with Crippen LogP contribution in [0.15, 0.2) is 102 Å². The summed E-state index contributed by atoms with van der Waals surface area (Å²) in [5.74, 6) is 0. The molecule has 2 nitrogen and oxygen atoms in total. The zero-order valence-electron chi connectivity index (χ0n) is 15.3. The van der Waals surface area contributed by atoms with Crippen LogP contribution in [0.2, 0.25) is 0 Å². The van der Waals surface area contributed by atoms with Crippen LogP contribution in [-0.2, 0) is 6.54 Å². The number of rotatable bonds is 4. The lowest BCUT2D eigenvalue weighted by Gasteiger charge is -2.18. The molecule has 0 atom stereocenters. The van der Waals surface area contributed by atoms with Gasteiger partial charge in [-0.15, -0.1) is 0 Å². The fourth-order valence-electron chi connectivity index (χ4n) is 3.54. The van der Waals surface area contributed by atoms with Gasteiger partial charge >= 0.3 is 0 Å². The Kier molecular flexibility index (Phi) is 4.71. The molecule has 0 amide bonds. The van der Waals surface area contributed by atoms with Gasteiger partial charge in [0.1, 0.15) is 0 Å². The van der Waals surface area contributed by atoms with E-state index in [9.17, 15) is 4.79 Å². The van der Waals surface area contributed by atoms with Crippen LogP contribution in [-0.4, -0.2) is 4.57 Å². The molecule has 0 aliphatic rings. The Balaban J connectivity index is 2.09. The largest absolute Gasteiger partial charge is 0.308 e. The summed E-state index contributed by atoms with van der Waals surface area (Å²) < 4.78 is 1.87. The molecule has 0 fully saturated rings. The van der Waals surface area contributed by atoms with Gasteiger partial charge in [-0.25, -0.2) is 0 Å². The zero-order valence-corrected chi connectivity index (χ0v) is 15.3.